The molecular weight excluding hydrogens is 400 g/mol. The van der Waals surface area contributed by atoms with Crippen molar-refractivity contribution < 1.29 is 4.42 Å². The van der Waals surface area contributed by atoms with E-state index in [0.29, 0.717) is 6.54 Å². The second kappa shape index (κ2) is 11.5. The predicted octanol–water partition coefficient (Wildman–Crippen LogP) is 3.46. The smallest absolute Gasteiger partial charge is 0.191 e. The number of nitrogens with one attached hydrogen (secondary N) is 2. The number of aromatic nitrogens is 2. The number of guanidine groups is 1. The number of hydrogen-bond acceptors (Lipinski definition) is 4. The number of furan rings is 1. The molecule has 2 aromatic heterocycles. The molecule has 1 saturated heterocycles. The molecule has 1 unspecified atom stereocenters. The zero-order chi connectivity index (χ0) is 22.0. The normalized spacial score (nSPS) is 15.7. The van der Waals surface area contributed by atoms with Gasteiger partial charge < -0.3 is 19.6 Å². The van der Waals surface area contributed by atoms with Gasteiger partial charge in [-0.1, -0.05) is 30.3 Å². The first kappa shape index (κ1) is 22.1. The van der Waals surface area contributed by atoms with E-state index in [1.54, 1.807) is 6.26 Å². The van der Waals surface area contributed by atoms with E-state index in [1.807, 2.05) is 24.5 Å². The van der Waals surface area contributed by atoms with Crippen molar-refractivity contribution in [2.75, 3.05) is 32.7 Å². The number of imidazole rings is 1. The maximum atomic E-state index is 5.73. The average molecular weight is 435 g/mol. The molecule has 3 aromatic rings. The van der Waals surface area contributed by atoms with Crippen molar-refractivity contribution in [2.45, 2.75) is 38.8 Å². The molecule has 32 heavy (non-hydrogen) atoms. The lowest BCUT2D eigenvalue weighted by Gasteiger charge is -2.24. The van der Waals surface area contributed by atoms with Gasteiger partial charge >= 0.3 is 0 Å². The number of nitrogens with zero attached hydrogens (tertiary/aromatic N) is 4. The van der Waals surface area contributed by atoms with Gasteiger partial charge in [0.25, 0.3) is 0 Å². The Bertz CT molecular complexity index is 944. The molecule has 0 saturated carbocycles. The van der Waals surface area contributed by atoms with E-state index in [-0.39, 0.29) is 6.04 Å². The molecule has 170 valence electrons. The molecule has 0 amide bonds. The lowest BCUT2D eigenvalue weighted by Crippen LogP contribution is -2.39. The van der Waals surface area contributed by atoms with Crippen molar-refractivity contribution in [1.82, 2.24) is 25.1 Å². The maximum absolute atomic E-state index is 5.73. The Kier molecular flexibility index (Phi) is 7.98. The first-order valence-corrected chi connectivity index (χ1v) is 11.7. The van der Waals surface area contributed by atoms with Crippen molar-refractivity contribution in [3.05, 3.63) is 78.3 Å². The molecule has 2 N–H and O–H groups in total. The zero-order valence-electron chi connectivity index (χ0n) is 18.9. The summed E-state index contributed by atoms with van der Waals surface area (Å²) >= 11 is 0. The van der Waals surface area contributed by atoms with Gasteiger partial charge in [-0.2, -0.15) is 0 Å². The van der Waals surface area contributed by atoms with Crippen LogP contribution in [0.15, 0.2) is 70.5 Å². The molecule has 3 heterocycles. The fraction of sp³-hybridized carbons (Fsp3) is 0.440. The highest BCUT2D eigenvalue weighted by molar-refractivity contribution is 5.79. The van der Waals surface area contributed by atoms with Gasteiger partial charge in [0.15, 0.2) is 5.96 Å². The SMILES string of the molecule is CCNC(=NCC(c1ccco1)N1CCCC1)NCCc1nccn1Cc1ccccc1. The van der Waals surface area contributed by atoms with Crippen LogP contribution in [0.1, 0.15) is 43.0 Å². The molecule has 4 rings (SSSR count). The van der Waals surface area contributed by atoms with Crippen molar-refractivity contribution in [1.29, 1.82) is 0 Å². The Balaban J connectivity index is 1.34. The Morgan fingerprint density at radius 2 is 1.97 bits per heavy atom. The number of aliphatic imine (C=N–C) groups is 1. The highest BCUT2D eigenvalue weighted by Gasteiger charge is 2.25. The van der Waals surface area contributed by atoms with Gasteiger partial charge in [-0.15, -0.1) is 0 Å². The molecule has 1 aromatic carbocycles. The fourth-order valence-corrected chi connectivity index (χ4v) is 4.22. The van der Waals surface area contributed by atoms with Crippen LogP contribution in [0.5, 0.6) is 0 Å². The molecule has 7 nitrogen and oxygen atoms in total. The Hall–Kier alpha value is -3.06. The third-order valence-corrected chi connectivity index (χ3v) is 5.86. The molecule has 1 fully saturated rings. The first-order valence-electron chi connectivity index (χ1n) is 11.7. The Morgan fingerprint density at radius 3 is 2.72 bits per heavy atom. The summed E-state index contributed by atoms with van der Waals surface area (Å²) in [6.07, 6.45) is 9.00. The second-order valence-corrected chi connectivity index (χ2v) is 8.13. The van der Waals surface area contributed by atoms with Crippen molar-refractivity contribution in [3.8, 4) is 0 Å². The minimum atomic E-state index is 0.188. The summed E-state index contributed by atoms with van der Waals surface area (Å²) in [5.74, 6) is 2.90. The van der Waals surface area contributed by atoms with Gasteiger partial charge in [0.05, 0.1) is 18.8 Å². The topological polar surface area (TPSA) is 70.6 Å². The third kappa shape index (κ3) is 6.01. The van der Waals surface area contributed by atoms with E-state index in [9.17, 15) is 0 Å². The molecule has 0 radical (unpaired) electrons. The van der Waals surface area contributed by atoms with Crippen LogP contribution < -0.4 is 10.6 Å². The zero-order valence-corrected chi connectivity index (χ0v) is 18.9. The number of likely N-dealkylation sites (tertiary alicyclic amines) is 1. The van der Waals surface area contributed by atoms with Gasteiger partial charge in [0.1, 0.15) is 11.6 Å². The Morgan fingerprint density at radius 1 is 1.12 bits per heavy atom. The molecule has 0 aliphatic carbocycles. The van der Waals surface area contributed by atoms with Crippen LogP contribution in [0.25, 0.3) is 0 Å². The lowest BCUT2D eigenvalue weighted by atomic mass is 10.2. The predicted molar refractivity (Wildman–Crippen MR) is 128 cm³/mol. The largest absolute Gasteiger partial charge is 0.468 e. The summed E-state index contributed by atoms with van der Waals surface area (Å²) < 4.78 is 7.94. The molecule has 1 aliphatic rings. The number of rotatable bonds is 10. The van der Waals surface area contributed by atoms with Crippen LogP contribution in [-0.4, -0.2) is 53.1 Å². The summed E-state index contributed by atoms with van der Waals surface area (Å²) in [6.45, 7) is 7.41. The van der Waals surface area contributed by atoms with Gasteiger partial charge in [-0.25, -0.2) is 4.98 Å². The highest BCUT2D eigenvalue weighted by Crippen LogP contribution is 2.25. The van der Waals surface area contributed by atoms with Crippen LogP contribution in [0.3, 0.4) is 0 Å². The van der Waals surface area contributed by atoms with Gasteiger partial charge in [0, 0.05) is 38.4 Å². The van der Waals surface area contributed by atoms with Crippen molar-refractivity contribution >= 4 is 5.96 Å². The van der Waals surface area contributed by atoms with Crippen LogP contribution in [0, 0.1) is 0 Å². The molecule has 0 bridgehead atoms. The van der Waals surface area contributed by atoms with Crippen LogP contribution in [0.2, 0.25) is 0 Å². The number of hydrogen-bond donors (Lipinski definition) is 2. The second-order valence-electron chi connectivity index (χ2n) is 8.13. The summed E-state index contributed by atoms with van der Waals surface area (Å²) in [6, 6.07) is 14.7. The number of benzene rings is 1. The first-order chi connectivity index (χ1) is 15.8. The van der Waals surface area contributed by atoms with Crippen LogP contribution in [0.4, 0.5) is 0 Å². The minimum Gasteiger partial charge on any atom is -0.468 e. The molecular formula is C25H34N6O. The summed E-state index contributed by atoms with van der Waals surface area (Å²) in [4.78, 5) is 11.9. The van der Waals surface area contributed by atoms with Gasteiger partial charge in [-0.05, 0) is 50.6 Å². The highest BCUT2D eigenvalue weighted by atomic mass is 16.3. The van der Waals surface area contributed by atoms with Gasteiger partial charge in [0.2, 0.25) is 0 Å². The van der Waals surface area contributed by atoms with E-state index >= 15 is 0 Å². The summed E-state index contributed by atoms with van der Waals surface area (Å²) in [7, 11) is 0. The van der Waals surface area contributed by atoms with Crippen LogP contribution in [-0.2, 0) is 13.0 Å². The van der Waals surface area contributed by atoms with E-state index < -0.39 is 0 Å². The maximum Gasteiger partial charge on any atom is 0.191 e. The lowest BCUT2D eigenvalue weighted by molar-refractivity contribution is 0.221. The van der Waals surface area contributed by atoms with Crippen molar-refractivity contribution in [3.63, 3.8) is 0 Å². The average Bonchev–Trinajstić information content (AvgIpc) is 3.59. The molecule has 1 aliphatic heterocycles. The Labute approximate surface area is 190 Å². The van der Waals surface area contributed by atoms with Gasteiger partial charge in [-0.3, -0.25) is 9.89 Å². The van der Waals surface area contributed by atoms with E-state index in [0.717, 1.165) is 56.7 Å². The fourth-order valence-electron chi connectivity index (χ4n) is 4.22. The monoisotopic (exact) mass is 434 g/mol. The molecule has 7 heteroatoms. The van der Waals surface area contributed by atoms with Crippen LogP contribution >= 0.6 is 0 Å². The molecule has 1 atom stereocenters. The quantitative estimate of drug-likeness (QED) is 0.378. The standard InChI is InChI=1S/C25H34N6O/c1-2-26-25(29-19-22(23-11-8-18-32-23)30-15-6-7-16-30)28-13-12-24-27-14-17-31(24)20-21-9-4-3-5-10-21/h3-5,8-11,14,17-18,22H,2,6-7,12-13,15-16,19-20H2,1H3,(H2,26,28,29). The molecule has 0 spiro atoms. The van der Waals surface area contributed by atoms with E-state index in [1.165, 1.54) is 18.4 Å². The van der Waals surface area contributed by atoms with E-state index in [4.69, 9.17) is 9.41 Å². The van der Waals surface area contributed by atoms with Crippen molar-refractivity contribution in [2.24, 2.45) is 4.99 Å². The summed E-state index contributed by atoms with van der Waals surface area (Å²) in [5, 5.41) is 6.85. The minimum absolute atomic E-state index is 0.188. The third-order valence-electron chi connectivity index (χ3n) is 5.86. The van der Waals surface area contributed by atoms with E-state index in [2.05, 4.69) is 62.3 Å². The summed E-state index contributed by atoms with van der Waals surface area (Å²) in [5.41, 5.74) is 1.28.